The molecule has 2 fully saturated rings. The molecule has 2 aliphatic carbocycles. The third-order valence-corrected chi connectivity index (χ3v) is 4.57. The van der Waals surface area contributed by atoms with Gasteiger partial charge in [-0.25, -0.2) is 0 Å². The summed E-state index contributed by atoms with van der Waals surface area (Å²) in [5.41, 5.74) is 1.29. The summed E-state index contributed by atoms with van der Waals surface area (Å²) in [6.07, 6.45) is 4.58. The lowest BCUT2D eigenvalue weighted by Crippen LogP contribution is -2.25. The molecule has 2 aliphatic rings. The zero-order valence-corrected chi connectivity index (χ0v) is 9.35. The van der Waals surface area contributed by atoms with Crippen molar-refractivity contribution in [3.8, 4) is 0 Å². The molecule has 0 saturated heterocycles. The van der Waals surface area contributed by atoms with Crippen LogP contribution in [0.2, 0.25) is 0 Å². The van der Waals surface area contributed by atoms with Crippen molar-refractivity contribution in [2.75, 3.05) is 0 Å². The fourth-order valence-corrected chi connectivity index (χ4v) is 4.35. The van der Waals surface area contributed by atoms with Crippen LogP contribution in [-0.4, -0.2) is 11.2 Å². The van der Waals surface area contributed by atoms with E-state index in [1.807, 2.05) is 0 Å². The van der Waals surface area contributed by atoms with Crippen molar-refractivity contribution in [2.24, 2.45) is 16.2 Å². The van der Waals surface area contributed by atoms with Gasteiger partial charge in [-0.1, -0.05) is 27.7 Å². The Balaban J connectivity index is 2.30. The van der Waals surface area contributed by atoms with Gasteiger partial charge in [0.1, 0.15) is 0 Å². The molecule has 0 heterocycles. The Labute approximate surface area is 81.5 Å². The number of aliphatic hydroxyl groups is 1. The van der Waals surface area contributed by atoms with Gasteiger partial charge in [-0.3, -0.25) is 0 Å². The molecule has 2 rings (SSSR count). The van der Waals surface area contributed by atoms with Crippen LogP contribution in [0.15, 0.2) is 0 Å². The molecule has 0 amide bonds. The minimum atomic E-state index is -0.0360. The third kappa shape index (κ3) is 1.24. The van der Waals surface area contributed by atoms with E-state index in [0.29, 0.717) is 16.2 Å². The molecule has 0 aromatic heterocycles. The van der Waals surface area contributed by atoms with Crippen LogP contribution < -0.4 is 0 Å². The highest BCUT2D eigenvalue weighted by Crippen LogP contribution is 2.67. The van der Waals surface area contributed by atoms with Gasteiger partial charge in [-0.2, -0.15) is 0 Å². The highest BCUT2D eigenvalue weighted by Gasteiger charge is 2.59. The summed E-state index contributed by atoms with van der Waals surface area (Å²) in [6.45, 7) is 9.48. The molecular weight excluding hydrogens is 160 g/mol. The second kappa shape index (κ2) is 2.31. The first-order valence-corrected chi connectivity index (χ1v) is 5.45. The van der Waals surface area contributed by atoms with Crippen LogP contribution in [0.3, 0.4) is 0 Å². The standard InChI is InChI=1S/C12H22O/c1-10(2)7-11(3)5-9(13)6-12(11,4)8-10/h9,13H,5-8H2,1-4H3. The number of rotatable bonds is 0. The van der Waals surface area contributed by atoms with Crippen LogP contribution in [0.4, 0.5) is 0 Å². The average Bonchev–Trinajstić information content (AvgIpc) is 2.04. The van der Waals surface area contributed by atoms with E-state index in [0.717, 1.165) is 12.8 Å². The average molecular weight is 182 g/mol. The lowest BCUT2D eigenvalue weighted by molar-refractivity contribution is 0.148. The maximum Gasteiger partial charge on any atom is 0.0551 e. The quantitative estimate of drug-likeness (QED) is 0.610. The summed E-state index contributed by atoms with van der Waals surface area (Å²) in [6, 6.07) is 0. The van der Waals surface area contributed by atoms with E-state index in [1.165, 1.54) is 12.8 Å². The van der Waals surface area contributed by atoms with E-state index < -0.39 is 0 Å². The molecule has 1 N–H and O–H groups in total. The first-order chi connectivity index (χ1) is 5.77. The predicted octanol–water partition coefficient (Wildman–Crippen LogP) is 2.97. The van der Waals surface area contributed by atoms with E-state index in [9.17, 15) is 5.11 Å². The summed E-state index contributed by atoms with van der Waals surface area (Å²) in [5, 5.41) is 9.74. The van der Waals surface area contributed by atoms with E-state index in [1.54, 1.807) is 0 Å². The van der Waals surface area contributed by atoms with Crippen molar-refractivity contribution in [1.29, 1.82) is 0 Å². The molecule has 0 spiro atoms. The Kier molecular flexibility index (Phi) is 1.69. The van der Waals surface area contributed by atoms with Gasteiger partial charge >= 0.3 is 0 Å². The SMILES string of the molecule is CC1(C)CC2(C)CC(O)CC2(C)C1. The lowest BCUT2D eigenvalue weighted by atomic mass is 9.71. The van der Waals surface area contributed by atoms with Crippen molar-refractivity contribution in [3.63, 3.8) is 0 Å². The molecule has 76 valence electrons. The van der Waals surface area contributed by atoms with Crippen molar-refractivity contribution < 1.29 is 5.11 Å². The number of fused-ring (bicyclic) bond motifs is 1. The van der Waals surface area contributed by atoms with Gasteiger partial charge in [-0.05, 0) is 41.9 Å². The Hall–Kier alpha value is -0.0400. The normalized spacial score (nSPS) is 53.8. The molecular formula is C12H22O. The Morgan fingerprint density at radius 3 is 1.69 bits per heavy atom. The number of aliphatic hydroxyl groups excluding tert-OH is 1. The van der Waals surface area contributed by atoms with Crippen LogP contribution in [0.25, 0.3) is 0 Å². The minimum Gasteiger partial charge on any atom is -0.393 e. The third-order valence-electron chi connectivity index (χ3n) is 4.57. The molecule has 0 aliphatic heterocycles. The van der Waals surface area contributed by atoms with Crippen LogP contribution >= 0.6 is 0 Å². The van der Waals surface area contributed by atoms with E-state index in [-0.39, 0.29) is 6.10 Å². The van der Waals surface area contributed by atoms with E-state index >= 15 is 0 Å². The molecule has 2 unspecified atom stereocenters. The van der Waals surface area contributed by atoms with Crippen LogP contribution in [0.1, 0.15) is 53.4 Å². The van der Waals surface area contributed by atoms with Gasteiger partial charge in [0.25, 0.3) is 0 Å². The molecule has 13 heavy (non-hydrogen) atoms. The summed E-state index contributed by atoms with van der Waals surface area (Å²) < 4.78 is 0. The molecule has 0 radical (unpaired) electrons. The molecule has 0 aromatic rings. The fraction of sp³-hybridized carbons (Fsp3) is 1.00. The minimum absolute atomic E-state index is 0.0360. The Morgan fingerprint density at radius 1 is 0.923 bits per heavy atom. The Bertz CT molecular complexity index is 211. The van der Waals surface area contributed by atoms with E-state index in [4.69, 9.17) is 0 Å². The largest absolute Gasteiger partial charge is 0.393 e. The zero-order valence-electron chi connectivity index (χ0n) is 9.35. The van der Waals surface area contributed by atoms with Crippen LogP contribution in [0, 0.1) is 16.2 Å². The molecule has 0 aromatic carbocycles. The molecule has 1 nitrogen and oxygen atoms in total. The maximum atomic E-state index is 9.74. The van der Waals surface area contributed by atoms with Gasteiger partial charge in [0.15, 0.2) is 0 Å². The van der Waals surface area contributed by atoms with Gasteiger partial charge in [-0.15, -0.1) is 0 Å². The number of hydrogen-bond acceptors (Lipinski definition) is 1. The number of hydrogen-bond donors (Lipinski definition) is 1. The van der Waals surface area contributed by atoms with Gasteiger partial charge < -0.3 is 5.11 Å². The first kappa shape index (κ1) is 9.51. The maximum absolute atomic E-state index is 9.74. The summed E-state index contributed by atoms with van der Waals surface area (Å²) in [4.78, 5) is 0. The van der Waals surface area contributed by atoms with Crippen molar-refractivity contribution >= 4 is 0 Å². The lowest BCUT2D eigenvalue weighted by Gasteiger charge is -2.33. The highest BCUT2D eigenvalue weighted by atomic mass is 16.3. The zero-order chi connectivity index (χ0) is 9.91. The summed E-state index contributed by atoms with van der Waals surface area (Å²) in [5.74, 6) is 0. The topological polar surface area (TPSA) is 20.2 Å². The Morgan fingerprint density at radius 2 is 1.31 bits per heavy atom. The molecule has 2 atom stereocenters. The van der Waals surface area contributed by atoms with Crippen LogP contribution in [0.5, 0.6) is 0 Å². The second-order valence-electron chi connectivity index (χ2n) is 6.70. The molecule has 0 bridgehead atoms. The van der Waals surface area contributed by atoms with Crippen molar-refractivity contribution in [3.05, 3.63) is 0 Å². The molecule has 2 saturated carbocycles. The predicted molar refractivity (Wildman–Crippen MR) is 54.5 cm³/mol. The monoisotopic (exact) mass is 182 g/mol. The van der Waals surface area contributed by atoms with Gasteiger partial charge in [0.2, 0.25) is 0 Å². The first-order valence-electron chi connectivity index (χ1n) is 5.45. The summed E-state index contributed by atoms with van der Waals surface area (Å²) in [7, 11) is 0. The highest BCUT2D eigenvalue weighted by molar-refractivity contribution is 5.09. The van der Waals surface area contributed by atoms with Crippen molar-refractivity contribution in [1.82, 2.24) is 0 Å². The fourth-order valence-electron chi connectivity index (χ4n) is 4.35. The van der Waals surface area contributed by atoms with Crippen LogP contribution in [-0.2, 0) is 0 Å². The van der Waals surface area contributed by atoms with Crippen molar-refractivity contribution in [2.45, 2.75) is 59.5 Å². The second-order valence-corrected chi connectivity index (χ2v) is 6.70. The smallest absolute Gasteiger partial charge is 0.0551 e. The van der Waals surface area contributed by atoms with Gasteiger partial charge in [0, 0.05) is 0 Å². The molecule has 1 heteroatoms. The summed E-state index contributed by atoms with van der Waals surface area (Å²) >= 11 is 0. The van der Waals surface area contributed by atoms with Gasteiger partial charge in [0.05, 0.1) is 6.10 Å². The van der Waals surface area contributed by atoms with E-state index in [2.05, 4.69) is 27.7 Å².